The van der Waals surface area contributed by atoms with Crippen molar-refractivity contribution in [3.8, 4) is 11.8 Å². The van der Waals surface area contributed by atoms with E-state index in [1.54, 1.807) is 7.11 Å². The molecule has 3 heteroatoms. The van der Waals surface area contributed by atoms with Gasteiger partial charge in [-0.3, -0.25) is 0 Å². The molecule has 3 aliphatic carbocycles. The van der Waals surface area contributed by atoms with Gasteiger partial charge in [0.25, 0.3) is 0 Å². The first-order valence-corrected chi connectivity index (χ1v) is 7.16. The van der Waals surface area contributed by atoms with Crippen LogP contribution < -0.4 is 10.1 Å². The van der Waals surface area contributed by atoms with E-state index in [9.17, 15) is 5.26 Å². The number of nitrogens with one attached hydrogen (secondary N) is 1. The fourth-order valence-corrected chi connectivity index (χ4v) is 4.57. The Morgan fingerprint density at radius 1 is 1.26 bits per heavy atom. The fraction of sp³-hybridized carbons (Fsp3) is 0.562. The van der Waals surface area contributed by atoms with Crippen molar-refractivity contribution >= 4 is 5.69 Å². The van der Waals surface area contributed by atoms with Crippen molar-refractivity contribution in [2.24, 2.45) is 23.7 Å². The predicted molar refractivity (Wildman–Crippen MR) is 72.9 cm³/mol. The number of nitriles is 1. The molecule has 3 aliphatic rings. The van der Waals surface area contributed by atoms with Crippen molar-refractivity contribution in [1.29, 1.82) is 5.26 Å². The van der Waals surface area contributed by atoms with Crippen molar-refractivity contribution < 1.29 is 4.74 Å². The lowest BCUT2D eigenvalue weighted by atomic mass is 10.0. The van der Waals surface area contributed by atoms with Crippen LogP contribution in [0, 0.1) is 35.0 Å². The van der Waals surface area contributed by atoms with Gasteiger partial charge in [-0.15, -0.1) is 0 Å². The maximum atomic E-state index is 9.20. The third kappa shape index (κ3) is 1.56. The molecular weight excluding hydrogens is 236 g/mol. The van der Waals surface area contributed by atoms with Gasteiger partial charge >= 0.3 is 0 Å². The summed E-state index contributed by atoms with van der Waals surface area (Å²) in [4.78, 5) is 0. The van der Waals surface area contributed by atoms with Gasteiger partial charge in [0.05, 0.1) is 18.4 Å². The minimum Gasteiger partial charge on any atom is -0.497 e. The number of nitrogens with zero attached hydrogens (tertiary/aromatic N) is 1. The summed E-state index contributed by atoms with van der Waals surface area (Å²) in [5.41, 5.74) is 1.67. The second-order valence-electron chi connectivity index (χ2n) is 6.18. The fourth-order valence-electron chi connectivity index (χ4n) is 4.57. The molecule has 0 saturated heterocycles. The monoisotopic (exact) mass is 254 g/mol. The Morgan fingerprint density at radius 3 is 2.63 bits per heavy atom. The smallest absolute Gasteiger partial charge is 0.121 e. The van der Waals surface area contributed by atoms with Gasteiger partial charge in [0.1, 0.15) is 11.8 Å². The van der Waals surface area contributed by atoms with E-state index < -0.39 is 0 Å². The molecule has 4 atom stereocenters. The van der Waals surface area contributed by atoms with E-state index in [-0.39, 0.29) is 0 Å². The van der Waals surface area contributed by atoms with Crippen molar-refractivity contribution in [1.82, 2.24) is 0 Å². The normalized spacial score (nSPS) is 37.6. The zero-order chi connectivity index (χ0) is 13.0. The molecule has 0 aliphatic heterocycles. The Labute approximate surface area is 113 Å². The van der Waals surface area contributed by atoms with Crippen molar-refractivity contribution in [2.75, 3.05) is 12.4 Å². The average Bonchev–Trinajstić information content (AvgIpc) is 2.85. The predicted octanol–water partition coefficient (Wildman–Crippen LogP) is 3.02. The van der Waals surface area contributed by atoms with Crippen LogP contribution in [0.5, 0.6) is 5.75 Å². The molecule has 1 aromatic rings. The zero-order valence-corrected chi connectivity index (χ0v) is 11.1. The first-order valence-electron chi connectivity index (χ1n) is 7.16. The van der Waals surface area contributed by atoms with Gasteiger partial charge in [0, 0.05) is 12.1 Å². The van der Waals surface area contributed by atoms with E-state index in [0.717, 1.165) is 40.7 Å². The zero-order valence-electron chi connectivity index (χ0n) is 11.1. The molecule has 4 unspecified atom stereocenters. The van der Waals surface area contributed by atoms with Crippen LogP contribution in [-0.2, 0) is 0 Å². The molecular formula is C16H18N2O. The van der Waals surface area contributed by atoms with Gasteiger partial charge in [0.15, 0.2) is 0 Å². The topological polar surface area (TPSA) is 45.0 Å². The van der Waals surface area contributed by atoms with Gasteiger partial charge in [-0.1, -0.05) is 0 Å². The largest absolute Gasteiger partial charge is 0.497 e. The SMILES string of the molecule is COc1ccc(C#N)c(NC2C3C4CCC(C4)C23)c1. The summed E-state index contributed by atoms with van der Waals surface area (Å²) in [6.07, 6.45) is 4.30. The molecule has 0 heterocycles. The van der Waals surface area contributed by atoms with Crippen molar-refractivity contribution in [3.05, 3.63) is 23.8 Å². The van der Waals surface area contributed by atoms with Crippen LogP contribution in [0.2, 0.25) is 0 Å². The Hall–Kier alpha value is -1.69. The second kappa shape index (κ2) is 3.90. The Morgan fingerprint density at radius 2 is 2.00 bits per heavy atom. The minimum atomic E-state index is 0.602. The van der Waals surface area contributed by atoms with E-state index in [2.05, 4.69) is 11.4 Å². The highest BCUT2D eigenvalue weighted by Crippen LogP contribution is 2.66. The highest BCUT2D eigenvalue weighted by Gasteiger charge is 2.65. The lowest BCUT2D eigenvalue weighted by molar-refractivity contribution is 0.415. The number of ether oxygens (including phenoxy) is 1. The lowest BCUT2D eigenvalue weighted by Crippen LogP contribution is -2.13. The Balaban J connectivity index is 1.56. The van der Waals surface area contributed by atoms with Crippen LogP contribution in [0.4, 0.5) is 5.69 Å². The van der Waals surface area contributed by atoms with Crippen LogP contribution in [0.25, 0.3) is 0 Å². The van der Waals surface area contributed by atoms with Gasteiger partial charge in [0.2, 0.25) is 0 Å². The third-order valence-electron chi connectivity index (χ3n) is 5.40. The van der Waals surface area contributed by atoms with E-state index >= 15 is 0 Å². The summed E-state index contributed by atoms with van der Waals surface area (Å²) >= 11 is 0. The van der Waals surface area contributed by atoms with E-state index in [4.69, 9.17) is 4.74 Å². The molecule has 2 bridgehead atoms. The number of anilines is 1. The van der Waals surface area contributed by atoms with Crippen molar-refractivity contribution in [2.45, 2.75) is 25.3 Å². The number of fused-ring (bicyclic) bond motifs is 5. The second-order valence-corrected chi connectivity index (χ2v) is 6.18. The first-order chi connectivity index (χ1) is 9.31. The summed E-state index contributed by atoms with van der Waals surface area (Å²) in [5.74, 6) is 4.45. The van der Waals surface area contributed by atoms with Gasteiger partial charge in [-0.2, -0.15) is 5.26 Å². The van der Waals surface area contributed by atoms with Crippen LogP contribution in [0.15, 0.2) is 18.2 Å². The summed E-state index contributed by atoms with van der Waals surface area (Å²) in [6, 6.07) is 8.51. The molecule has 19 heavy (non-hydrogen) atoms. The molecule has 4 rings (SSSR count). The number of rotatable bonds is 3. The third-order valence-corrected chi connectivity index (χ3v) is 5.40. The molecule has 3 fully saturated rings. The molecule has 1 N–H and O–H groups in total. The number of hydrogen-bond donors (Lipinski definition) is 1. The minimum absolute atomic E-state index is 0.602. The highest BCUT2D eigenvalue weighted by atomic mass is 16.5. The molecule has 0 amide bonds. The highest BCUT2D eigenvalue weighted by molar-refractivity contribution is 5.62. The molecule has 0 radical (unpaired) electrons. The summed E-state index contributed by atoms with van der Waals surface area (Å²) < 4.78 is 5.26. The van der Waals surface area contributed by atoms with E-state index in [0.29, 0.717) is 6.04 Å². The van der Waals surface area contributed by atoms with Gasteiger partial charge in [-0.05, 0) is 55.1 Å². The van der Waals surface area contributed by atoms with Crippen molar-refractivity contribution in [3.63, 3.8) is 0 Å². The lowest BCUT2D eigenvalue weighted by Gasteiger charge is -2.13. The molecule has 1 aromatic carbocycles. The quantitative estimate of drug-likeness (QED) is 0.901. The average molecular weight is 254 g/mol. The Bertz CT molecular complexity index is 546. The molecule has 0 spiro atoms. The standard InChI is InChI=1S/C16H18N2O/c1-19-12-5-4-11(8-17)13(7-12)18-16-14-9-2-3-10(6-9)15(14)16/h4-5,7,9-10,14-16,18H,2-3,6H2,1H3. The van der Waals surface area contributed by atoms with Crippen LogP contribution in [0.1, 0.15) is 24.8 Å². The maximum absolute atomic E-state index is 9.20. The van der Waals surface area contributed by atoms with Crippen LogP contribution in [-0.4, -0.2) is 13.2 Å². The number of methoxy groups -OCH3 is 1. The van der Waals surface area contributed by atoms with E-state index in [1.807, 2.05) is 18.2 Å². The summed E-state index contributed by atoms with van der Waals surface area (Å²) in [5, 5.41) is 12.8. The van der Waals surface area contributed by atoms with E-state index in [1.165, 1.54) is 19.3 Å². The maximum Gasteiger partial charge on any atom is 0.121 e. The molecule has 98 valence electrons. The number of benzene rings is 1. The first kappa shape index (κ1) is 11.2. The molecule has 3 saturated carbocycles. The summed E-state index contributed by atoms with van der Waals surface area (Å²) in [6.45, 7) is 0. The summed E-state index contributed by atoms with van der Waals surface area (Å²) in [7, 11) is 1.66. The van der Waals surface area contributed by atoms with Crippen LogP contribution in [0.3, 0.4) is 0 Å². The van der Waals surface area contributed by atoms with Gasteiger partial charge < -0.3 is 10.1 Å². The number of hydrogen-bond acceptors (Lipinski definition) is 3. The Kier molecular flexibility index (Phi) is 2.29. The van der Waals surface area contributed by atoms with Crippen LogP contribution >= 0.6 is 0 Å². The van der Waals surface area contributed by atoms with Gasteiger partial charge in [-0.25, -0.2) is 0 Å². The molecule has 0 aromatic heterocycles. The molecule has 3 nitrogen and oxygen atoms in total.